The molecule has 1 heterocycles. The van der Waals surface area contributed by atoms with Crippen molar-refractivity contribution in [2.24, 2.45) is 29.2 Å². The number of nitrogens with zero attached hydrogens (tertiary/aromatic N) is 1. The summed E-state index contributed by atoms with van der Waals surface area (Å²) < 4.78 is 0. The van der Waals surface area contributed by atoms with E-state index in [-0.39, 0.29) is 50.5 Å². The number of aliphatic hydroxyl groups is 2. The summed E-state index contributed by atoms with van der Waals surface area (Å²) in [4.78, 5) is 180. The van der Waals surface area contributed by atoms with E-state index in [1.165, 1.54) is 20.8 Å². The molecular formula is C46H76N12O19. The van der Waals surface area contributed by atoms with Crippen molar-refractivity contribution in [3.8, 4) is 0 Å². The van der Waals surface area contributed by atoms with Crippen molar-refractivity contribution in [3.05, 3.63) is 0 Å². The highest BCUT2D eigenvalue weighted by molar-refractivity contribution is 6.00. The molecule has 10 atom stereocenters. The molecule has 434 valence electrons. The van der Waals surface area contributed by atoms with E-state index in [2.05, 4.69) is 47.9 Å². The monoisotopic (exact) mass is 1100 g/mol. The molecule has 0 unspecified atom stereocenters. The summed E-state index contributed by atoms with van der Waals surface area (Å²) in [6.07, 6.45) is -2.36. The van der Waals surface area contributed by atoms with Crippen molar-refractivity contribution in [3.63, 3.8) is 0 Å². The van der Waals surface area contributed by atoms with Crippen LogP contribution in [0.25, 0.3) is 0 Å². The number of amides is 11. The molecule has 1 saturated heterocycles. The second-order valence-electron chi connectivity index (χ2n) is 19.6. The van der Waals surface area contributed by atoms with Crippen LogP contribution in [0.3, 0.4) is 0 Å². The third kappa shape index (κ3) is 23.9. The molecule has 0 aromatic rings. The molecule has 0 aromatic heterocycles. The van der Waals surface area contributed by atoms with Crippen LogP contribution in [-0.2, 0) is 67.1 Å². The molecule has 0 radical (unpaired) electrons. The Morgan fingerprint density at radius 3 is 1.55 bits per heavy atom. The minimum absolute atomic E-state index is 0.00580. The van der Waals surface area contributed by atoms with Crippen LogP contribution in [0.4, 0.5) is 0 Å². The van der Waals surface area contributed by atoms with Gasteiger partial charge in [0.1, 0.15) is 54.4 Å². The van der Waals surface area contributed by atoms with E-state index in [0.717, 1.165) is 4.90 Å². The van der Waals surface area contributed by atoms with Gasteiger partial charge in [0.05, 0.1) is 38.6 Å². The molecule has 1 aliphatic rings. The van der Waals surface area contributed by atoms with Crippen LogP contribution < -0.4 is 59.3 Å². The third-order valence-corrected chi connectivity index (χ3v) is 11.6. The number of aliphatic carboxylic acids is 3. The first-order valence-corrected chi connectivity index (χ1v) is 24.8. The van der Waals surface area contributed by atoms with Crippen molar-refractivity contribution in [2.75, 3.05) is 26.3 Å². The van der Waals surface area contributed by atoms with Gasteiger partial charge in [-0.15, -0.1) is 0 Å². The normalized spacial score (nSPS) is 16.6. The number of carboxylic acids is 3. The molecule has 31 heteroatoms. The summed E-state index contributed by atoms with van der Waals surface area (Å²) in [5.41, 5.74) is 11.0. The number of hydrogen-bond acceptors (Lipinski definition) is 17. The van der Waals surface area contributed by atoms with Gasteiger partial charge in [-0.3, -0.25) is 62.3 Å². The third-order valence-electron chi connectivity index (χ3n) is 11.6. The molecule has 1 fully saturated rings. The lowest BCUT2D eigenvalue weighted by Crippen LogP contribution is -2.61. The fraction of sp³-hybridized carbons (Fsp3) is 0.696. The van der Waals surface area contributed by atoms with Crippen LogP contribution in [0.5, 0.6) is 0 Å². The van der Waals surface area contributed by atoms with Crippen molar-refractivity contribution in [2.45, 2.75) is 160 Å². The van der Waals surface area contributed by atoms with Gasteiger partial charge in [-0.2, -0.15) is 0 Å². The van der Waals surface area contributed by atoms with Crippen molar-refractivity contribution >= 4 is 82.9 Å². The highest BCUT2D eigenvalue weighted by Crippen LogP contribution is 2.20. The van der Waals surface area contributed by atoms with Gasteiger partial charge in [0.2, 0.25) is 65.0 Å². The molecule has 77 heavy (non-hydrogen) atoms. The van der Waals surface area contributed by atoms with Gasteiger partial charge in [-0.05, 0) is 56.8 Å². The fourth-order valence-electron chi connectivity index (χ4n) is 7.57. The Morgan fingerprint density at radius 2 is 1.05 bits per heavy atom. The SMILES string of the molecule is CC(C)C[C@H](NC(=O)[C@H](CO)NC(=O)[C@H](CC(C)C)NC(=O)[C@H](C)NC(=O)CNC(=O)[C@H](CC(=O)O)NC(=O)[C@@H](NC(=O)[C@@H]1CCCN1C(=O)[C@H](CC(N)=O)NC(=O)[C@H](CO)NC(=O)[C@@H](N)CCC(=O)O)C(C)C)C(=O)O. The summed E-state index contributed by atoms with van der Waals surface area (Å²) >= 11 is 0. The first-order chi connectivity index (χ1) is 35.8. The largest absolute Gasteiger partial charge is 0.481 e. The topological polar surface area (TPSA) is 504 Å². The number of carboxylic acid groups (broad SMARTS) is 3. The Balaban J connectivity index is 3.08. The van der Waals surface area contributed by atoms with E-state index >= 15 is 0 Å². The number of nitrogens with one attached hydrogen (secondary N) is 9. The van der Waals surface area contributed by atoms with E-state index in [4.69, 9.17) is 16.6 Å². The predicted octanol–water partition coefficient (Wildman–Crippen LogP) is -6.65. The first-order valence-electron chi connectivity index (χ1n) is 24.8. The number of nitrogens with two attached hydrogens (primary N) is 2. The zero-order valence-electron chi connectivity index (χ0n) is 44.0. The molecule has 1 rings (SSSR count). The molecule has 11 amide bonds. The van der Waals surface area contributed by atoms with Gasteiger partial charge in [0.15, 0.2) is 0 Å². The maximum atomic E-state index is 13.8. The molecule has 31 nitrogen and oxygen atoms in total. The van der Waals surface area contributed by atoms with E-state index in [9.17, 15) is 87.5 Å². The van der Waals surface area contributed by atoms with Gasteiger partial charge in [0, 0.05) is 13.0 Å². The van der Waals surface area contributed by atoms with Crippen LogP contribution >= 0.6 is 0 Å². The number of hydrogen-bond donors (Lipinski definition) is 16. The Labute approximate surface area is 443 Å². The number of carbonyl (C=O) groups excluding carboxylic acids is 11. The average molecular weight is 1100 g/mol. The highest BCUT2D eigenvalue weighted by atomic mass is 16.4. The minimum atomic E-state index is -1.85. The average Bonchev–Trinajstić information content (AvgIpc) is 3.83. The van der Waals surface area contributed by atoms with E-state index in [0.29, 0.717) is 0 Å². The Kier molecular flexibility index (Phi) is 28.7. The van der Waals surface area contributed by atoms with Gasteiger partial charge >= 0.3 is 17.9 Å². The molecule has 1 aliphatic heterocycles. The van der Waals surface area contributed by atoms with Gasteiger partial charge in [-0.1, -0.05) is 41.5 Å². The summed E-state index contributed by atoms with van der Waals surface area (Å²) in [5, 5.41) is 68.1. The van der Waals surface area contributed by atoms with E-state index < -0.39 is 188 Å². The first kappa shape index (κ1) is 67.5. The predicted molar refractivity (Wildman–Crippen MR) is 265 cm³/mol. The maximum Gasteiger partial charge on any atom is 0.326 e. The van der Waals surface area contributed by atoms with Crippen molar-refractivity contribution < 1.29 is 92.7 Å². The van der Waals surface area contributed by atoms with Crippen LogP contribution in [0, 0.1) is 17.8 Å². The summed E-state index contributed by atoms with van der Waals surface area (Å²) in [7, 11) is 0. The smallest absolute Gasteiger partial charge is 0.326 e. The fourth-order valence-corrected chi connectivity index (χ4v) is 7.57. The molecule has 0 aliphatic carbocycles. The summed E-state index contributed by atoms with van der Waals surface area (Å²) in [5.74, 6) is -16.5. The molecule has 0 saturated carbocycles. The maximum absolute atomic E-state index is 13.8. The van der Waals surface area contributed by atoms with Gasteiger partial charge in [0.25, 0.3) is 0 Å². The van der Waals surface area contributed by atoms with Crippen LogP contribution in [0.2, 0.25) is 0 Å². The number of likely N-dealkylation sites (tertiary alicyclic amines) is 1. The van der Waals surface area contributed by atoms with Gasteiger partial charge < -0.3 is 89.8 Å². The molecule has 0 spiro atoms. The number of rotatable bonds is 34. The number of carbonyl (C=O) groups is 14. The standard InChI is InChI=1S/C46H76N12O19/c1-20(2)13-25(40(70)56-30(19-60)42(72)54-28(46(76)77)14-21(3)4)51-37(67)23(7)50-33(62)17-49-39(69)26(16-35(65)66)52-44(74)36(22(5)6)57-43(73)31-9-8-12-58(31)45(75)27(15-32(48)61)53-41(71)29(18-59)55-38(68)24(47)10-11-34(63)64/h20-31,36,59-60H,8-19,47H2,1-7H3,(H2,48,61)(H,49,69)(H,50,62)(H,51,67)(H,52,74)(H,53,71)(H,54,72)(H,55,68)(H,56,70)(H,57,73)(H,63,64)(H,65,66)(H,76,77)/t23-,24-,25-,26-,27-,28-,29-,30-,31-,36-/m0/s1. The van der Waals surface area contributed by atoms with Crippen molar-refractivity contribution in [1.29, 1.82) is 0 Å². The minimum Gasteiger partial charge on any atom is -0.481 e. The zero-order valence-corrected chi connectivity index (χ0v) is 44.0. The quantitative estimate of drug-likeness (QED) is 0.0285. The van der Waals surface area contributed by atoms with Crippen LogP contribution in [0.1, 0.15) is 99.8 Å². The lowest BCUT2D eigenvalue weighted by Gasteiger charge is -2.31. The van der Waals surface area contributed by atoms with E-state index in [1.807, 2.05) is 0 Å². The lowest BCUT2D eigenvalue weighted by molar-refractivity contribution is -0.144. The Bertz CT molecular complexity index is 2160. The second-order valence-corrected chi connectivity index (χ2v) is 19.6. The summed E-state index contributed by atoms with van der Waals surface area (Å²) in [6, 6.07) is -15.2. The van der Waals surface area contributed by atoms with Crippen LogP contribution in [-0.4, -0.2) is 200 Å². The second kappa shape index (κ2) is 32.8. The Hall–Kier alpha value is -7.54. The van der Waals surface area contributed by atoms with Crippen LogP contribution in [0.15, 0.2) is 0 Å². The van der Waals surface area contributed by atoms with E-state index in [1.54, 1.807) is 27.7 Å². The molecule has 18 N–H and O–H groups in total. The number of primary amides is 1. The number of aliphatic hydroxyl groups excluding tert-OH is 2. The highest BCUT2D eigenvalue weighted by Gasteiger charge is 2.41. The summed E-state index contributed by atoms with van der Waals surface area (Å²) in [6.45, 7) is 8.16. The zero-order chi connectivity index (χ0) is 59.0. The van der Waals surface area contributed by atoms with Gasteiger partial charge in [-0.25, -0.2) is 4.79 Å². The molecular weight excluding hydrogens is 1020 g/mol. The Morgan fingerprint density at radius 1 is 0.558 bits per heavy atom. The van der Waals surface area contributed by atoms with Crippen molar-refractivity contribution in [1.82, 2.24) is 52.8 Å². The molecule has 0 aromatic carbocycles. The molecule has 0 bridgehead atoms. The lowest BCUT2D eigenvalue weighted by atomic mass is 10.0.